The highest BCUT2D eigenvalue weighted by atomic mass is 16.6. The average molecular weight is 560 g/mol. The zero-order valence-electron chi connectivity index (χ0n) is 25.4. The van der Waals surface area contributed by atoms with Crippen LogP contribution in [-0.4, -0.2) is 73.2 Å². The Balaban J connectivity index is 1.09. The number of hydrogen-bond acceptors (Lipinski definition) is 5. The van der Waals surface area contributed by atoms with Crippen LogP contribution in [0.5, 0.6) is 0 Å². The molecule has 5 rings (SSSR count). The second-order valence-electron chi connectivity index (χ2n) is 13.8. The first-order valence-corrected chi connectivity index (χ1v) is 16.9. The number of fused-ring (bicyclic) bond motifs is 3. The lowest BCUT2D eigenvalue weighted by atomic mass is 9.73. The normalized spacial score (nSPS) is 40.6. The van der Waals surface area contributed by atoms with Crippen molar-refractivity contribution in [3.63, 3.8) is 0 Å². The van der Waals surface area contributed by atoms with E-state index in [-0.39, 0.29) is 24.7 Å². The zero-order valence-corrected chi connectivity index (χ0v) is 25.4. The summed E-state index contributed by atoms with van der Waals surface area (Å²) < 4.78 is 18.1. The maximum Gasteiger partial charge on any atom is 0.303 e. The summed E-state index contributed by atoms with van der Waals surface area (Å²) in [6.45, 7) is 0.633. The first kappa shape index (κ1) is 30.5. The van der Waals surface area contributed by atoms with Gasteiger partial charge >= 0.3 is 5.97 Å². The van der Waals surface area contributed by atoms with Crippen molar-refractivity contribution < 1.29 is 24.1 Å². The lowest BCUT2D eigenvalue weighted by Gasteiger charge is -2.43. The highest BCUT2D eigenvalue weighted by molar-refractivity contribution is 5.66. The Morgan fingerprint density at radius 1 is 0.750 bits per heavy atom. The van der Waals surface area contributed by atoms with Gasteiger partial charge in [0.15, 0.2) is 0 Å². The van der Waals surface area contributed by atoms with Crippen LogP contribution in [0.15, 0.2) is 12.2 Å². The van der Waals surface area contributed by atoms with Crippen LogP contribution in [0.1, 0.15) is 116 Å². The quantitative estimate of drug-likeness (QED) is 0.205. The SMILES string of the molecule is COC1CC(/C=C/C2CCC(N3C4CCCCC4C4CCCCC43)CC2)CC(OC)C1OCCCCCC(=O)O. The summed E-state index contributed by atoms with van der Waals surface area (Å²) in [7, 11) is 3.58. The molecule has 4 aliphatic carbocycles. The molecule has 0 bridgehead atoms. The number of unbranched alkanes of at least 4 members (excludes halogenated alkanes) is 2. The lowest BCUT2D eigenvalue weighted by molar-refractivity contribution is -0.149. The van der Waals surface area contributed by atoms with E-state index in [1.54, 1.807) is 14.2 Å². The summed E-state index contributed by atoms with van der Waals surface area (Å²) in [5.41, 5.74) is 0. The third-order valence-electron chi connectivity index (χ3n) is 11.5. The van der Waals surface area contributed by atoms with Crippen LogP contribution in [0.2, 0.25) is 0 Å². The minimum absolute atomic E-state index is 0.0325. The molecule has 228 valence electrons. The number of likely N-dealkylation sites (tertiary alicyclic amines) is 1. The molecule has 5 fully saturated rings. The molecule has 6 atom stereocenters. The van der Waals surface area contributed by atoms with E-state index < -0.39 is 5.97 Å². The molecule has 0 aromatic heterocycles. The van der Waals surface area contributed by atoms with E-state index in [0.717, 1.165) is 55.6 Å². The van der Waals surface area contributed by atoms with Crippen LogP contribution in [0.4, 0.5) is 0 Å². The minimum atomic E-state index is -0.721. The Kier molecular flexibility index (Phi) is 11.4. The van der Waals surface area contributed by atoms with Crippen molar-refractivity contribution in [3.8, 4) is 0 Å². The van der Waals surface area contributed by atoms with Crippen LogP contribution in [-0.2, 0) is 19.0 Å². The molecule has 6 nitrogen and oxygen atoms in total. The third-order valence-corrected chi connectivity index (χ3v) is 11.5. The molecule has 0 radical (unpaired) electrons. The highest BCUT2D eigenvalue weighted by Gasteiger charge is 2.51. The van der Waals surface area contributed by atoms with E-state index in [0.29, 0.717) is 24.9 Å². The summed E-state index contributed by atoms with van der Waals surface area (Å²) >= 11 is 0. The Bertz CT molecular complexity index is 774. The van der Waals surface area contributed by atoms with Crippen molar-refractivity contribution in [3.05, 3.63) is 12.2 Å². The summed E-state index contributed by atoms with van der Waals surface area (Å²) in [5, 5.41) is 8.82. The number of ether oxygens (including phenoxy) is 3. The molecule has 5 aliphatic rings. The molecular formula is C34H57NO5. The van der Waals surface area contributed by atoms with Gasteiger partial charge in [0.1, 0.15) is 6.10 Å². The Morgan fingerprint density at radius 2 is 1.32 bits per heavy atom. The lowest BCUT2D eigenvalue weighted by Crippen LogP contribution is -2.48. The number of carboxylic acid groups (broad SMARTS) is 1. The molecule has 6 heteroatoms. The maximum atomic E-state index is 10.7. The fraction of sp³-hybridized carbons (Fsp3) is 0.912. The van der Waals surface area contributed by atoms with E-state index in [1.807, 2.05) is 0 Å². The highest BCUT2D eigenvalue weighted by Crippen LogP contribution is 2.51. The molecule has 1 saturated heterocycles. The molecule has 1 aliphatic heterocycles. The molecule has 1 heterocycles. The van der Waals surface area contributed by atoms with Crippen LogP contribution in [0, 0.1) is 23.7 Å². The molecule has 4 saturated carbocycles. The van der Waals surface area contributed by atoms with E-state index in [1.165, 1.54) is 77.0 Å². The van der Waals surface area contributed by atoms with Gasteiger partial charge in [-0.05, 0) is 101 Å². The summed E-state index contributed by atoms with van der Waals surface area (Å²) in [6, 6.07) is 2.63. The van der Waals surface area contributed by atoms with Crippen LogP contribution < -0.4 is 0 Å². The van der Waals surface area contributed by atoms with Crippen molar-refractivity contribution in [2.45, 2.75) is 152 Å². The zero-order chi connectivity index (χ0) is 27.9. The van der Waals surface area contributed by atoms with Gasteiger partial charge < -0.3 is 19.3 Å². The van der Waals surface area contributed by atoms with Gasteiger partial charge in [-0.2, -0.15) is 0 Å². The summed E-state index contributed by atoms with van der Waals surface area (Å²) in [6.07, 6.45) is 27.0. The van der Waals surface area contributed by atoms with E-state index >= 15 is 0 Å². The molecule has 0 aromatic rings. The molecule has 0 amide bonds. The van der Waals surface area contributed by atoms with E-state index in [2.05, 4.69) is 17.1 Å². The van der Waals surface area contributed by atoms with Gasteiger partial charge in [0.2, 0.25) is 0 Å². The Hall–Kier alpha value is -0.950. The van der Waals surface area contributed by atoms with Crippen LogP contribution in [0.25, 0.3) is 0 Å². The fourth-order valence-electron chi connectivity index (χ4n) is 9.52. The van der Waals surface area contributed by atoms with E-state index in [9.17, 15) is 4.79 Å². The smallest absolute Gasteiger partial charge is 0.303 e. The van der Waals surface area contributed by atoms with Crippen molar-refractivity contribution in [1.29, 1.82) is 0 Å². The standard InChI is InChI=1S/C34H57NO5/c1-38-31-22-25(23-32(39-2)34(31)40-21-9-3-4-14-33(36)37)16-15-24-17-19-26(20-18-24)35-29-12-7-5-10-27(29)28-11-6-8-13-30(28)35/h15-16,24-32,34H,3-14,17-23H2,1-2H3,(H,36,37)/b16-15+. The molecule has 6 unspecified atom stereocenters. The molecule has 40 heavy (non-hydrogen) atoms. The van der Waals surface area contributed by atoms with Gasteiger partial charge in [-0.3, -0.25) is 9.69 Å². The number of nitrogens with zero attached hydrogens (tertiary/aromatic N) is 1. The van der Waals surface area contributed by atoms with Crippen molar-refractivity contribution >= 4 is 5.97 Å². The van der Waals surface area contributed by atoms with E-state index in [4.69, 9.17) is 19.3 Å². The van der Waals surface area contributed by atoms with Gasteiger partial charge in [-0.25, -0.2) is 0 Å². The second-order valence-corrected chi connectivity index (χ2v) is 13.8. The summed E-state index contributed by atoms with van der Waals surface area (Å²) in [5.74, 6) is 2.48. The number of hydrogen-bond donors (Lipinski definition) is 1. The third kappa shape index (κ3) is 7.33. The summed E-state index contributed by atoms with van der Waals surface area (Å²) in [4.78, 5) is 13.8. The number of methoxy groups -OCH3 is 2. The molecule has 0 spiro atoms. The predicted octanol–water partition coefficient (Wildman–Crippen LogP) is 7.00. The van der Waals surface area contributed by atoms with Gasteiger partial charge in [0, 0.05) is 45.4 Å². The predicted molar refractivity (Wildman–Crippen MR) is 158 cm³/mol. The number of carbonyl (C=O) groups is 1. The maximum absolute atomic E-state index is 10.7. The Morgan fingerprint density at radius 3 is 1.90 bits per heavy atom. The second kappa shape index (κ2) is 15.0. The molecular weight excluding hydrogens is 502 g/mol. The minimum Gasteiger partial charge on any atom is -0.481 e. The van der Waals surface area contributed by atoms with Gasteiger partial charge in [-0.1, -0.05) is 44.3 Å². The van der Waals surface area contributed by atoms with Crippen LogP contribution in [0.3, 0.4) is 0 Å². The first-order chi connectivity index (χ1) is 19.6. The number of rotatable bonds is 12. The Labute approximate surface area is 243 Å². The number of carboxylic acids is 1. The van der Waals surface area contributed by atoms with Crippen molar-refractivity contribution in [1.82, 2.24) is 4.90 Å². The fourth-order valence-corrected chi connectivity index (χ4v) is 9.52. The molecule has 1 N–H and O–H groups in total. The molecule has 0 aromatic carbocycles. The average Bonchev–Trinajstić information content (AvgIpc) is 3.32. The van der Waals surface area contributed by atoms with Gasteiger partial charge in [0.05, 0.1) is 12.2 Å². The van der Waals surface area contributed by atoms with Crippen LogP contribution >= 0.6 is 0 Å². The first-order valence-electron chi connectivity index (χ1n) is 16.9. The topological polar surface area (TPSA) is 68.2 Å². The number of aliphatic carboxylic acids is 1. The number of allylic oxidation sites excluding steroid dienone is 2. The van der Waals surface area contributed by atoms with Gasteiger partial charge in [-0.15, -0.1) is 0 Å². The van der Waals surface area contributed by atoms with Crippen molar-refractivity contribution in [2.24, 2.45) is 23.7 Å². The van der Waals surface area contributed by atoms with Crippen molar-refractivity contribution in [2.75, 3.05) is 20.8 Å². The van der Waals surface area contributed by atoms with Gasteiger partial charge in [0.25, 0.3) is 0 Å². The monoisotopic (exact) mass is 559 g/mol. The largest absolute Gasteiger partial charge is 0.481 e.